The number of hydrogen-bond donors (Lipinski definition) is 0. The first kappa shape index (κ1) is 15.2. The molecule has 0 spiro atoms. The van der Waals surface area contributed by atoms with Crippen molar-refractivity contribution in [3.8, 4) is 0 Å². The predicted octanol–water partition coefficient (Wildman–Crippen LogP) is 2.96. The maximum atomic E-state index is 13.1. The van der Waals surface area contributed by atoms with Crippen LogP contribution in [0.5, 0.6) is 0 Å². The highest BCUT2D eigenvalue weighted by Gasteiger charge is 2.36. The van der Waals surface area contributed by atoms with E-state index in [1.807, 2.05) is 24.3 Å². The van der Waals surface area contributed by atoms with E-state index in [0.717, 1.165) is 5.56 Å². The Hall–Kier alpha value is -2.69. The molecule has 4 nitrogen and oxygen atoms in total. The number of aryl methyl sites for hydroxylation is 1. The van der Waals surface area contributed by atoms with Crippen LogP contribution in [0.4, 0.5) is 10.1 Å². The van der Waals surface area contributed by atoms with Crippen molar-refractivity contribution in [2.45, 2.75) is 18.9 Å². The molecule has 2 aromatic rings. The van der Waals surface area contributed by atoms with Gasteiger partial charge in [-0.1, -0.05) is 18.2 Å². The zero-order valence-electron chi connectivity index (χ0n) is 12.7. The predicted molar refractivity (Wildman–Crippen MR) is 83.8 cm³/mol. The monoisotopic (exact) mass is 313 g/mol. The van der Waals surface area contributed by atoms with E-state index in [2.05, 4.69) is 0 Å². The fourth-order valence-electron chi connectivity index (χ4n) is 2.89. The molecule has 0 unspecified atom stereocenters. The smallest absolute Gasteiger partial charge is 0.328 e. The zero-order valence-corrected chi connectivity index (χ0v) is 12.7. The standard InChI is InChI=1S/C18H16FNO3/c1-23-18(22)16-11-8-12-4-2-3-5-15(12)20(16)17(21)13-6-9-14(19)10-7-13/h2-7,9-10,16H,8,11H2,1H3/t16-/m1/s1. The van der Waals surface area contributed by atoms with Gasteiger partial charge in [-0.15, -0.1) is 0 Å². The first-order valence-electron chi connectivity index (χ1n) is 7.36. The van der Waals surface area contributed by atoms with Crippen LogP contribution >= 0.6 is 0 Å². The molecule has 0 N–H and O–H groups in total. The Balaban J connectivity index is 2.05. The molecule has 0 radical (unpaired) electrons. The van der Waals surface area contributed by atoms with Crippen molar-refractivity contribution >= 4 is 17.6 Å². The summed E-state index contributed by atoms with van der Waals surface area (Å²) in [4.78, 5) is 26.5. The van der Waals surface area contributed by atoms with Gasteiger partial charge in [-0.05, 0) is 48.7 Å². The number of benzene rings is 2. The molecule has 1 heterocycles. The largest absolute Gasteiger partial charge is 0.467 e. The molecule has 1 amide bonds. The van der Waals surface area contributed by atoms with Crippen LogP contribution in [-0.2, 0) is 16.0 Å². The minimum Gasteiger partial charge on any atom is -0.467 e. The third-order valence-electron chi connectivity index (χ3n) is 4.03. The van der Waals surface area contributed by atoms with Gasteiger partial charge in [0.2, 0.25) is 0 Å². The molecule has 0 bridgehead atoms. The second-order valence-corrected chi connectivity index (χ2v) is 5.39. The molecule has 0 saturated carbocycles. The second kappa shape index (κ2) is 6.20. The summed E-state index contributed by atoms with van der Waals surface area (Å²) < 4.78 is 17.9. The number of carbonyl (C=O) groups excluding carboxylic acids is 2. The number of rotatable bonds is 2. The van der Waals surface area contributed by atoms with Crippen molar-refractivity contribution in [1.29, 1.82) is 0 Å². The van der Waals surface area contributed by atoms with Crippen LogP contribution in [0, 0.1) is 5.82 Å². The Morgan fingerprint density at radius 1 is 1.13 bits per heavy atom. The number of anilines is 1. The number of halogens is 1. The molecule has 0 aromatic heterocycles. The van der Waals surface area contributed by atoms with Crippen molar-refractivity contribution in [3.05, 3.63) is 65.5 Å². The van der Waals surface area contributed by atoms with E-state index in [4.69, 9.17) is 4.74 Å². The molecule has 1 aliphatic heterocycles. The van der Waals surface area contributed by atoms with E-state index in [9.17, 15) is 14.0 Å². The number of hydrogen-bond acceptors (Lipinski definition) is 3. The van der Waals surface area contributed by atoms with Gasteiger partial charge in [-0.25, -0.2) is 9.18 Å². The molecular weight excluding hydrogens is 297 g/mol. The number of esters is 1. The first-order valence-corrected chi connectivity index (χ1v) is 7.36. The number of amides is 1. The summed E-state index contributed by atoms with van der Waals surface area (Å²) in [5.41, 5.74) is 2.03. The molecule has 118 valence electrons. The van der Waals surface area contributed by atoms with Crippen LogP contribution in [0.3, 0.4) is 0 Å². The summed E-state index contributed by atoms with van der Waals surface area (Å²) in [5.74, 6) is -1.20. The van der Waals surface area contributed by atoms with E-state index in [1.54, 1.807) is 0 Å². The lowest BCUT2D eigenvalue weighted by atomic mass is 9.94. The first-order chi connectivity index (χ1) is 11.1. The normalized spacial score (nSPS) is 16.6. The van der Waals surface area contributed by atoms with Gasteiger partial charge in [0.25, 0.3) is 5.91 Å². The molecule has 0 aliphatic carbocycles. The van der Waals surface area contributed by atoms with Crippen LogP contribution in [0.1, 0.15) is 22.3 Å². The molecule has 0 fully saturated rings. The van der Waals surface area contributed by atoms with Crippen molar-refractivity contribution in [2.75, 3.05) is 12.0 Å². The van der Waals surface area contributed by atoms with Gasteiger partial charge in [0.1, 0.15) is 11.9 Å². The summed E-state index contributed by atoms with van der Waals surface area (Å²) in [6.45, 7) is 0. The van der Waals surface area contributed by atoms with Crippen LogP contribution in [0.15, 0.2) is 48.5 Å². The molecule has 1 aliphatic rings. The minimum atomic E-state index is -0.674. The van der Waals surface area contributed by atoms with Crippen LogP contribution in [-0.4, -0.2) is 25.0 Å². The quantitative estimate of drug-likeness (QED) is 0.801. The zero-order chi connectivity index (χ0) is 16.4. The third-order valence-corrected chi connectivity index (χ3v) is 4.03. The average Bonchev–Trinajstić information content (AvgIpc) is 2.60. The Morgan fingerprint density at radius 3 is 2.52 bits per heavy atom. The van der Waals surface area contributed by atoms with Gasteiger partial charge in [-0.3, -0.25) is 9.69 Å². The highest BCUT2D eigenvalue weighted by molar-refractivity contribution is 6.10. The number of fused-ring (bicyclic) bond motifs is 1. The van der Waals surface area contributed by atoms with Crippen LogP contribution in [0.2, 0.25) is 0 Å². The second-order valence-electron chi connectivity index (χ2n) is 5.39. The van der Waals surface area contributed by atoms with Crippen molar-refractivity contribution in [2.24, 2.45) is 0 Å². The lowest BCUT2D eigenvalue weighted by molar-refractivity contribution is -0.142. The van der Waals surface area contributed by atoms with Gasteiger partial charge in [0, 0.05) is 11.3 Å². The fourth-order valence-corrected chi connectivity index (χ4v) is 2.89. The van der Waals surface area contributed by atoms with Gasteiger partial charge in [0.05, 0.1) is 7.11 Å². The Kier molecular flexibility index (Phi) is 4.10. The highest BCUT2D eigenvalue weighted by atomic mass is 19.1. The fraction of sp³-hybridized carbons (Fsp3) is 0.222. The molecule has 23 heavy (non-hydrogen) atoms. The van der Waals surface area contributed by atoms with Gasteiger partial charge in [0.15, 0.2) is 0 Å². The molecule has 0 saturated heterocycles. The number of methoxy groups -OCH3 is 1. The summed E-state index contributed by atoms with van der Waals surface area (Å²) in [7, 11) is 1.31. The molecule has 2 aromatic carbocycles. The summed E-state index contributed by atoms with van der Waals surface area (Å²) >= 11 is 0. The summed E-state index contributed by atoms with van der Waals surface area (Å²) in [5, 5.41) is 0. The Morgan fingerprint density at radius 2 is 1.83 bits per heavy atom. The number of para-hydroxylation sites is 1. The average molecular weight is 313 g/mol. The summed E-state index contributed by atoms with van der Waals surface area (Å²) in [6, 6.07) is 12.1. The maximum absolute atomic E-state index is 13.1. The maximum Gasteiger partial charge on any atom is 0.328 e. The number of carbonyl (C=O) groups is 2. The van der Waals surface area contributed by atoms with Crippen LogP contribution in [0.25, 0.3) is 0 Å². The lowest BCUT2D eigenvalue weighted by Gasteiger charge is -2.35. The summed E-state index contributed by atoms with van der Waals surface area (Å²) in [6.07, 6.45) is 1.19. The number of ether oxygens (including phenoxy) is 1. The number of nitrogens with zero attached hydrogens (tertiary/aromatic N) is 1. The highest BCUT2D eigenvalue weighted by Crippen LogP contribution is 2.32. The minimum absolute atomic E-state index is 0.331. The topological polar surface area (TPSA) is 46.6 Å². The van der Waals surface area contributed by atoms with Crippen molar-refractivity contribution < 1.29 is 18.7 Å². The van der Waals surface area contributed by atoms with E-state index < -0.39 is 17.8 Å². The van der Waals surface area contributed by atoms with Gasteiger partial charge in [-0.2, -0.15) is 0 Å². The Labute approximate surface area is 133 Å². The third kappa shape index (κ3) is 2.82. The molecular formula is C18H16FNO3. The van der Waals surface area contributed by atoms with E-state index >= 15 is 0 Å². The van der Waals surface area contributed by atoms with E-state index in [0.29, 0.717) is 24.1 Å². The van der Waals surface area contributed by atoms with E-state index in [-0.39, 0.29) is 5.91 Å². The molecule has 3 rings (SSSR count). The van der Waals surface area contributed by atoms with Crippen LogP contribution < -0.4 is 4.90 Å². The van der Waals surface area contributed by atoms with Crippen molar-refractivity contribution in [1.82, 2.24) is 0 Å². The van der Waals surface area contributed by atoms with E-state index in [1.165, 1.54) is 36.3 Å². The Bertz CT molecular complexity index is 742. The van der Waals surface area contributed by atoms with Gasteiger partial charge >= 0.3 is 5.97 Å². The van der Waals surface area contributed by atoms with Crippen molar-refractivity contribution in [3.63, 3.8) is 0 Å². The molecule has 1 atom stereocenters. The van der Waals surface area contributed by atoms with Gasteiger partial charge < -0.3 is 4.74 Å². The molecule has 5 heteroatoms. The lowest BCUT2D eigenvalue weighted by Crippen LogP contribution is -2.48. The SMILES string of the molecule is COC(=O)[C@H]1CCc2ccccc2N1C(=O)c1ccc(F)cc1.